The SMILES string of the molecule is COc1ccc(-c2[nH][nH]c(=S)c2C#N)cc1. The molecule has 0 unspecified atom stereocenters. The molecule has 0 aliphatic heterocycles. The fraction of sp³-hybridized carbons (Fsp3) is 0.0909. The van der Waals surface area contributed by atoms with E-state index >= 15 is 0 Å². The Kier molecular flexibility index (Phi) is 2.75. The molecule has 2 rings (SSSR count). The summed E-state index contributed by atoms with van der Waals surface area (Å²) in [5.41, 5.74) is 2.06. The Morgan fingerprint density at radius 2 is 1.94 bits per heavy atom. The number of aromatic nitrogens is 2. The number of nitrogens with one attached hydrogen (secondary N) is 2. The average molecular weight is 231 g/mol. The van der Waals surface area contributed by atoms with E-state index < -0.39 is 0 Å². The Morgan fingerprint density at radius 3 is 2.50 bits per heavy atom. The Balaban J connectivity index is 2.51. The van der Waals surface area contributed by atoms with E-state index in [0.717, 1.165) is 11.3 Å². The predicted molar refractivity (Wildman–Crippen MR) is 62.7 cm³/mol. The van der Waals surface area contributed by atoms with Crippen LogP contribution in [0, 0.1) is 16.0 Å². The van der Waals surface area contributed by atoms with Crippen LogP contribution in [0.3, 0.4) is 0 Å². The van der Waals surface area contributed by atoms with Crippen molar-refractivity contribution in [3.63, 3.8) is 0 Å². The number of aromatic amines is 2. The van der Waals surface area contributed by atoms with Crippen LogP contribution in [-0.2, 0) is 0 Å². The highest BCUT2D eigenvalue weighted by molar-refractivity contribution is 7.71. The standard InChI is InChI=1S/C11H9N3OS/c1-15-8-4-2-7(3-5-8)10-9(6-12)11(16)14-13-10/h2-5H,1H3,(H2,13,14,16). The van der Waals surface area contributed by atoms with Gasteiger partial charge in [-0.25, -0.2) is 0 Å². The van der Waals surface area contributed by atoms with Gasteiger partial charge in [-0.15, -0.1) is 0 Å². The number of nitrogens with zero attached hydrogens (tertiary/aromatic N) is 1. The predicted octanol–water partition coefficient (Wildman–Crippen LogP) is 2.62. The van der Waals surface area contributed by atoms with Crippen LogP contribution in [0.25, 0.3) is 11.3 Å². The third-order valence-corrected chi connectivity index (χ3v) is 2.57. The van der Waals surface area contributed by atoms with E-state index in [4.69, 9.17) is 22.2 Å². The van der Waals surface area contributed by atoms with E-state index in [1.54, 1.807) is 7.11 Å². The highest BCUT2D eigenvalue weighted by Gasteiger charge is 2.08. The number of ether oxygens (including phenoxy) is 1. The minimum atomic E-state index is 0.424. The summed E-state index contributed by atoms with van der Waals surface area (Å²) < 4.78 is 5.49. The molecular formula is C11H9N3OS. The lowest BCUT2D eigenvalue weighted by molar-refractivity contribution is 0.415. The first-order chi connectivity index (χ1) is 7.76. The van der Waals surface area contributed by atoms with Crippen molar-refractivity contribution < 1.29 is 4.74 Å². The molecular weight excluding hydrogens is 222 g/mol. The van der Waals surface area contributed by atoms with E-state index in [9.17, 15) is 0 Å². The van der Waals surface area contributed by atoms with Crippen LogP contribution in [0.2, 0.25) is 0 Å². The van der Waals surface area contributed by atoms with Crippen molar-refractivity contribution in [2.75, 3.05) is 7.11 Å². The Hall–Kier alpha value is -2.06. The molecule has 2 aromatic rings. The molecule has 16 heavy (non-hydrogen) atoms. The molecule has 0 radical (unpaired) electrons. The molecule has 0 saturated heterocycles. The second-order valence-corrected chi connectivity index (χ2v) is 3.58. The molecule has 0 amide bonds. The third-order valence-electron chi connectivity index (χ3n) is 2.27. The van der Waals surface area contributed by atoms with E-state index in [2.05, 4.69) is 16.3 Å². The zero-order chi connectivity index (χ0) is 11.5. The normalized spacial score (nSPS) is 9.75. The summed E-state index contributed by atoms with van der Waals surface area (Å²) in [6, 6.07) is 9.48. The summed E-state index contributed by atoms with van der Waals surface area (Å²) in [5, 5.41) is 14.6. The Bertz CT molecular complexity index is 589. The third kappa shape index (κ3) is 1.71. The highest BCUT2D eigenvalue weighted by Crippen LogP contribution is 2.23. The summed E-state index contributed by atoms with van der Waals surface area (Å²) in [6.45, 7) is 0. The van der Waals surface area contributed by atoms with Gasteiger partial charge in [0.2, 0.25) is 0 Å². The smallest absolute Gasteiger partial charge is 0.137 e. The van der Waals surface area contributed by atoms with Gasteiger partial charge < -0.3 is 4.74 Å². The van der Waals surface area contributed by atoms with Crippen LogP contribution in [0.15, 0.2) is 24.3 Å². The monoisotopic (exact) mass is 231 g/mol. The van der Waals surface area contributed by atoms with Crippen molar-refractivity contribution in [1.29, 1.82) is 5.26 Å². The molecule has 0 bridgehead atoms. The molecule has 4 nitrogen and oxygen atoms in total. The molecule has 0 fully saturated rings. The second-order valence-electron chi connectivity index (χ2n) is 3.17. The van der Waals surface area contributed by atoms with Gasteiger partial charge in [0.25, 0.3) is 0 Å². The first-order valence-corrected chi connectivity index (χ1v) is 5.02. The van der Waals surface area contributed by atoms with Crippen molar-refractivity contribution in [2.24, 2.45) is 0 Å². The maximum Gasteiger partial charge on any atom is 0.137 e. The molecule has 80 valence electrons. The van der Waals surface area contributed by atoms with Gasteiger partial charge in [-0.3, -0.25) is 10.2 Å². The van der Waals surface area contributed by atoms with Crippen molar-refractivity contribution in [3.8, 4) is 23.1 Å². The fourth-order valence-electron chi connectivity index (χ4n) is 1.44. The largest absolute Gasteiger partial charge is 0.497 e. The van der Waals surface area contributed by atoms with E-state index in [1.165, 1.54) is 0 Å². The summed E-state index contributed by atoms with van der Waals surface area (Å²) >= 11 is 4.99. The van der Waals surface area contributed by atoms with Gasteiger partial charge in [-0.05, 0) is 24.3 Å². The lowest BCUT2D eigenvalue weighted by atomic mass is 10.1. The highest BCUT2D eigenvalue weighted by atomic mass is 32.1. The van der Waals surface area contributed by atoms with Crippen molar-refractivity contribution in [2.45, 2.75) is 0 Å². The lowest BCUT2D eigenvalue weighted by Gasteiger charge is -2.01. The second kappa shape index (κ2) is 4.21. The first kappa shape index (κ1) is 10.5. The van der Waals surface area contributed by atoms with E-state index in [-0.39, 0.29) is 0 Å². The molecule has 0 atom stereocenters. The van der Waals surface area contributed by atoms with Crippen LogP contribution in [0.1, 0.15) is 5.56 Å². The molecule has 0 saturated carbocycles. The number of hydrogen-bond donors (Lipinski definition) is 2. The molecule has 5 heteroatoms. The molecule has 0 spiro atoms. The topological polar surface area (TPSA) is 64.6 Å². The van der Waals surface area contributed by atoms with Crippen LogP contribution >= 0.6 is 12.2 Å². The van der Waals surface area contributed by atoms with Gasteiger partial charge in [-0.2, -0.15) is 5.26 Å². The van der Waals surface area contributed by atoms with Crippen molar-refractivity contribution in [3.05, 3.63) is 34.5 Å². The van der Waals surface area contributed by atoms with E-state index in [0.29, 0.717) is 15.9 Å². The molecule has 0 aliphatic carbocycles. The number of hydrogen-bond acceptors (Lipinski definition) is 3. The molecule has 0 aliphatic rings. The van der Waals surface area contributed by atoms with Gasteiger partial charge in [-0.1, -0.05) is 12.2 Å². The maximum atomic E-state index is 8.97. The van der Waals surface area contributed by atoms with Gasteiger partial charge in [0.1, 0.15) is 22.0 Å². The summed E-state index contributed by atoms with van der Waals surface area (Å²) in [7, 11) is 1.61. The lowest BCUT2D eigenvalue weighted by Crippen LogP contribution is -1.84. The quantitative estimate of drug-likeness (QED) is 0.781. The summed E-state index contributed by atoms with van der Waals surface area (Å²) in [4.78, 5) is 0. The van der Waals surface area contributed by atoms with Crippen LogP contribution in [-0.4, -0.2) is 17.3 Å². The van der Waals surface area contributed by atoms with Gasteiger partial charge in [0, 0.05) is 5.56 Å². The molecule has 2 N–H and O–H groups in total. The van der Waals surface area contributed by atoms with Gasteiger partial charge in [0.15, 0.2) is 0 Å². The van der Waals surface area contributed by atoms with Crippen LogP contribution < -0.4 is 4.74 Å². The first-order valence-electron chi connectivity index (χ1n) is 4.61. The average Bonchev–Trinajstić information content (AvgIpc) is 2.70. The number of nitriles is 1. The maximum absolute atomic E-state index is 8.97. The molecule has 1 heterocycles. The van der Waals surface area contributed by atoms with Gasteiger partial charge in [0.05, 0.1) is 12.8 Å². The zero-order valence-electron chi connectivity index (χ0n) is 8.57. The number of H-pyrrole nitrogens is 2. The van der Waals surface area contributed by atoms with Crippen LogP contribution in [0.5, 0.6) is 5.75 Å². The number of benzene rings is 1. The number of rotatable bonds is 2. The summed E-state index contributed by atoms with van der Waals surface area (Å²) in [5.74, 6) is 0.774. The minimum Gasteiger partial charge on any atom is -0.497 e. The molecule has 1 aromatic carbocycles. The Morgan fingerprint density at radius 1 is 1.25 bits per heavy atom. The fourth-order valence-corrected chi connectivity index (χ4v) is 1.64. The van der Waals surface area contributed by atoms with Gasteiger partial charge >= 0.3 is 0 Å². The molecule has 1 aromatic heterocycles. The van der Waals surface area contributed by atoms with E-state index in [1.807, 2.05) is 24.3 Å². The van der Waals surface area contributed by atoms with Crippen molar-refractivity contribution in [1.82, 2.24) is 10.2 Å². The number of methoxy groups -OCH3 is 1. The minimum absolute atomic E-state index is 0.424. The van der Waals surface area contributed by atoms with Crippen LogP contribution in [0.4, 0.5) is 0 Å². The van der Waals surface area contributed by atoms with Crippen molar-refractivity contribution >= 4 is 12.2 Å². The zero-order valence-corrected chi connectivity index (χ0v) is 9.39. The summed E-state index contributed by atoms with van der Waals surface area (Å²) in [6.07, 6.45) is 0. The Labute approximate surface area is 97.5 Å².